The van der Waals surface area contributed by atoms with E-state index in [2.05, 4.69) is 45.4 Å². The fourth-order valence-electron chi connectivity index (χ4n) is 0.685. The molecule has 0 saturated heterocycles. The molecule has 0 amide bonds. The summed E-state index contributed by atoms with van der Waals surface area (Å²) in [6, 6.07) is 1.68. The number of pyridine rings is 1. The first-order valence-electron chi connectivity index (χ1n) is 3.22. The minimum atomic E-state index is -0.174. The first-order chi connectivity index (χ1) is 5.74. The Labute approximate surface area is 83.9 Å². The lowest BCUT2D eigenvalue weighted by Crippen LogP contribution is -2.08. The van der Waals surface area contributed by atoms with E-state index in [9.17, 15) is 4.79 Å². The van der Waals surface area contributed by atoms with Crippen molar-refractivity contribution in [3.63, 3.8) is 0 Å². The quantitative estimate of drug-likeness (QED) is 0.525. The molecule has 0 aliphatic rings. The van der Waals surface area contributed by atoms with Gasteiger partial charge in [0.2, 0.25) is 0 Å². The van der Waals surface area contributed by atoms with Gasteiger partial charge in [0, 0.05) is 10.7 Å². The molecular weight excluding hydrogens is 238 g/mol. The van der Waals surface area contributed by atoms with Gasteiger partial charge in [-0.15, -0.1) is 0 Å². The molecule has 0 aromatic carbocycles. The first kappa shape index (κ1) is 9.43. The summed E-state index contributed by atoms with van der Waals surface area (Å²) >= 11 is 7.14. The zero-order valence-corrected chi connectivity index (χ0v) is 8.58. The molecule has 0 aliphatic heterocycles. The van der Waals surface area contributed by atoms with Gasteiger partial charge >= 0.3 is 0 Å². The predicted molar refractivity (Wildman–Crippen MR) is 55.5 cm³/mol. The molecule has 12 heavy (non-hydrogen) atoms. The summed E-state index contributed by atoms with van der Waals surface area (Å²) < 4.78 is 0.811. The second-order valence-corrected chi connectivity index (χ2v) is 3.25. The Kier molecular flexibility index (Phi) is 3.45. The first-order valence-corrected chi connectivity index (χ1v) is 4.64. The number of rotatable bonds is 0. The van der Waals surface area contributed by atoms with Crippen LogP contribution in [0.1, 0.15) is 5.56 Å². The number of hydrogen-bond acceptors (Lipinski definition) is 2. The van der Waals surface area contributed by atoms with Gasteiger partial charge in [-0.3, -0.25) is 4.79 Å². The van der Waals surface area contributed by atoms with E-state index in [-0.39, 0.29) is 5.56 Å². The summed E-state index contributed by atoms with van der Waals surface area (Å²) in [6.45, 7) is 0. The van der Waals surface area contributed by atoms with Crippen LogP contribution in [-0.2, 0) is 0 Å². The van der Waals surface area contributed by atoms with Crippen molar-refractivity contribution in [3.8, 4) is 11.8 Å². The summed E-state index contributed by atoms with van der Waals surface area (Å²) in [5.41, 5.74) is 0.283. The number of H-pyrrole nitrogens is 1. The second-order valence-electron chi connectivity index (χ2n) is 2.02. The fraction of sp³-hybridized carbons (Fsp3) is 0.125. The molecule has 1 aromatic rings. The molecule has 0 spiro atoms. The second kappa shape index (κ2) is 4.39. The van der Waals surface area contributed by atoms with Gasteiger partial charge in [0.1, 0.15) is 0 Å². The summed E-state index contributed by atoms with van der Waals surface area (Å²) in [7, 11) is 0. The van der Waals surface area contributed by atoms with Crippen LogP contribution < -0.4 is 5.56 Å². The topological polar surface area (TPSA) is 32.9 Å². The van der Waals surface area contributed by atoms with Crippen LogP contribution in [0.25, 0.3) is 0 Å². The molecule has 1 heterocycles. The normalized spacial score (nSPS) is 8.83. The van der Waals surface area contributed by atoms with Gasteiger partial charge in [-0.2, -0.15) is 12.6 Å². The van der Waals surface area contributed by atoms with Gasteiger partial charge in [0.15, 0.2) is 0 Å². The van der Waals surface area contributed by atoms with E-state index < -0.39 is 0 Å². The van der Waals surface area contributed by atoms with Crippen molar-refractivity contribution in [3.05, 3.63) is 32.7 Å². The van der Waals surface area contributed by atoms with E-state index in [1.165, 1.54) is 0 Å². The third-order valence-corrected chi connectivity index (χ3v) is 1.79. The SMILES string of the molecule is O=c1[nH]cc(Br)cc1C#CCS. The van der Waals surface area contributed by atoms with E-state index in [0.717, 1.165) is 4.47 Å². The maximum absolute atomic E-state index is 11.1. The van der Waals surface area contributed by atoms with Crippen LogP contribution in [-0.4, -0.2) is 10.7 Å². The van der Waals surface area contributed by atoms with E-state index in [1.54, 1.807) is 12.3 Å². The molecule has 0 aliphatic carbocycles. The molecule has 0 bridgehead atoms. The Balaban J connectivity index is 3.14. The third kappa shape index (κ3) is 2.43. The van der Waals surface area contributed by atoms with Crippen molar-refractivity contribution < 1.29 is 0 Å². The number of hydrogen-bond donors (Lipinski definition) is 2. The lowest BCUT2D eigenvalue weighted by molar-refractivity contribution is 1.21. The van der Waals surface area contributed by atoms with Crippen LogP contribution in [0.5, 0.6) is 0 Å². The van der Waals surface area contributed by atoms with Crippen molar-refractivity contribution in [2.45, 2.75) is 0 Å². The summed E-state index contributed by atoms with van der Waals surface area (Å²) in [5, 5.41) is 0. The standard InChI is InChI=1S/C8H6BrNOS/c9-7-4-6(2-1-3-12)8(11)10-5-7/h4-5,12H,3H2,(H,10,11). The number of nitrogens with one attached hydrogen (secondary N) is 1. The average Bonchev–Trinajstić information content (AvgIpc) is 2.07. The molecule has 0 fully saturated rings. The highest BCUT2D eigenvalue weighted by Gasteiger charge is 1.94. The molecule has 2 nitrogen and oxygen atoms in total. The number of thiol groups is 1. The van der Waals surface area contributed by atoms with Crippen molar-refractivity contribution >= 4 is 28.6 Å². The third-order valence-electron chi connectivity index (χ3n) is 1.17. The lowest BCUT2D eigenvalue weighted by atomic mass is 10.3. The highest BCUT2D eigenvalue weighted by molar-refractivity contribution is 9.10. The molecule has 1 aromatic heterocycles. The van der Waals surface area contributed by atoms with Crippen LogP contribution in [0.4, 0.5) is 0 Å². The van der Waals surface area contributed by atoms with Gasteiger partial charge in [-0.25, -0.2) is 0 Å². The van der Waals surface area contributed by atoms with E-state index in [1.807, 2.05) is 0 Å². The van der Waals surface area contributed by atoms with Gasteiger partial charge in [-0.05, 0) is 22.0 Å². The zero-order valence-electron chi connectivity index (χ0n) is 6.10. The highest BCUT2D eigenvalue weighted by Crippen LogP contribution is 2.05. The van der Waals surface area contributed by atoms with Gasteiger partial charge in [-0.1, -0.05) is 11.8 Å². The molecule has 62 valence electrons. The minimum absolute atomic E-state index is 0.174. The smallest absolute Gasteiger partial charge is 0.263 e. The van der Waals surface area contributed by atoms with Crippen LogP contribution in [0.3, 0.4) is 0 Å². The maximum atomic E-state index is 11.1. The Morgan fingerprint density at radius 3 is 3.08 bits per heavy atom. The van der Waals surface area contributed by atoms with E-state index in [4.69, 9.17) is 0 Å². The summed E-state index contributed by atoms with van der Waals surface area (Å²) in [4.78, 5) is 13.6. The molecule has 1 N–H and O–H groups in total. The molecule has 0 atom stereocenters. The Morgan fingerprint density at radius 2 is 2.42 bits per heavy atom. The van der Waals surface area contributed by atoms with Crippen molar-refractivity contribution in [2.75, 3.05) is 5.75 Å². The van der Waals surface area contributed by atoms with Crippen molar-refractivity contribution in [1.29, 1.82) is 0 Å². The van der Waals surface area contributed by atoms with Gasteiger partial charge in [0.25, 0.3) is 5.56 Å². The van der Waals surface area contributed by atoms with Gasteiger partial charge in [0.05, 0.1) is 11.3 Å². The Hall–Kier alpha value is -0.660. The fourth-order valence-corrected chi connectivity index (χ4v) is 1.11. The maximum Gasteiger partial charge on any atom is 0.263 e. The van der Waals surface area contributed by atoms with Crippen LogP contribution in [0.15, 0.2) is 21.5 Å². The molecule has 1 rings (SSSR count). The lowest BCUT2D eigenvalue weighted by Gasteiger charge is -1.89. The van der Waals surface area contributed by atoms with E-state index in [0.29, 0.717) is 11.3 Å². The molecule has 0 saturated carbocycles. The zero-order chi connectivity index (χ0) is 8.97. The van der Waals surface area contributed by atoms with Crippen LogP contribution >= 0.6 is 28.6 Å². The van der Waals surface area contributed by atoms with Crippen LogP contribution in [0, 0.1) is 11.8 Å². The van der Waals surface area contributed by atoms with Crippen LogP contribution in [0.2, 0.25) is 0 Å². The number of aromatic nitrogens is 1. The van der Waals surface area contributed by atoms with Crippen molar-refractivity contribution in [1.82, 2.24) is 4.98 Å². The Morgan fingerprint density at radius 1 is 1.67 bits per heavy atom. The predicted octanol–water partition coefficient (Wildman–Crippen LogP) is 1.42. The Bertz CT molecular complexity index is 388. The molecular formula is C8H6BrNOS. The monoisotopic (exact) mass is 243 g/mol. The summed E-state index contributed by atoms with van der Waals surface area (Å²) in [5.74, 6) is 5.86. The summed E-state index contributed by atoms with van der Waals surface area (Å²) in [6.07, 6.45) is 1.58. The molecule has 0 radical (unpaired) electrons. The van der Waals surface area contributed by atoms with E-state index >= 15 is 0 Å². The average molecular weight is 244 g/mol. The molecule has 0 unspecified atom stereocenters. The number of halogens is 1. The minimum Gasteiger partial charge on any atom is -0.327 e. The molecule has 4 heteroatoms. The largest absolute Gasteiger partial charge is 0.327 e. The van der Waals surface area contributed by atoms with Gasteiger partial charge < -0.3 is 4.98 Å². The highest BCUT2D eigenvalue weighted by atomic mass is 79.9. The number of aromatic amines is 1. The van der Waals surface area contributed by atoms with Crippen molar-refractivity contribution in [2.24, 2.45) is 0 Å².